The Morgan fingerprint density at radius 3 is 2.64 bits per heavy atom. The molecule has 0 unspecified atom stereocenters. The van der Waals surface area contributed by atoms with Gasteiger partial charge in [0.25, 0.3) is 0 Å². The van der Waals surface area contributed by atoms with Crippen molar-refractivity contribution in [2.75, 3.05) is 6.54 Å². The van der Waals surface area contributed by atoms with E-state index < -0.39 is 5.60 Å². The fourth-order valence-electron chi connectivity index (χ4n) is 3.18. The number of rotatable bonds is 7. The Hall–Kier alpha value is -1.63. The molecule has 2 N–H and O–H groups in total. The topological polar surface area (TPSA) is 89.3 Å². The third kappa shape index (κ3) is 7.02. The smallest absolute Gasteiger partial charge is 0.407 e. The lowest BCUT2D eigenvalue weighted by Crippen LogP contribution is -2.47. The predicted molar refractivity (Wildman–Crippen MR) is 95.1 cm³/mol. The van der Waals surface area contributed by atoms with E-state index in [1.54, 1.807) is 0 Å². The van der Waals surface area contributed by atoms with Crippen molar-refractivity contribution in [2.45, 2.75) is 84.4 Å². The fraction of sp³-hybridized carbons (Fsp3) is 0.833. The molecule has 1 aromatic rings. The number of carbonyl (C=O) groups is 1. The third-order valence-corrected chi connectivity index (χ3v) is 4.42. The van der Waals surface area contributed by atoms with E-state index in [9.17, 15) is 4.79 Å². The maximum absolute atomic E-state index is 12.0. The lowest BCUT2D eigenvalue weighted by Gasteiger charge is -2.31. The highest BCUT2D eigenvalue weighted by Crippen LogP contribution is 2.26. The molecule has 0 aromatic carbocycles. The van der Waals surface area contributed by atoms with Crippen molar-refractivity contribution in [3.05, 3.63) is 11.7 Å². The van der Waals surface area contributed by atoms with Crippen LogP contribution >= 0.6 is 0 Å². The molecule has 1 aromatic heterocycles. The van der Waals surface area contributed by atoms with Crippen LogP contribution in [-0.4, -0.2) is 34.4 Å². The lowest BCUT2D eigenvalue weighted by molar-refractivity contribution is 0.0515. The van der Waals surface area contributed by atoms with Crippen LogP contribution in [0.15, 0.2) is 4.52 Å². The molecule has 25 heavy (non-hydrogen) atoms. The van der Waals surface area contributed by atoms with E-state index >= 15 is 0 Å². The summed E-state index contributed by atoms with van der Waals surface area (Å²) in [4.78, 5) is 16.3. The summed E-state index contributed by atoms with van der Waals surface area (Å²) in [7, 11) is 0. The summed E-state index contributed by atoms with van der Waals surface area (Å²) >= 11 is 0. The number of hydrogen-bond acceptors (Lipinski definition) is 6. The summed E-state index contributed by atoms with van der Waals surface area (Å²) in [5.41, 5.74) is -0.487. The van der Waals surface area contributed by atoms with Gasteiger partial charge in [-0.15, -0.1) is 0 Å². The summed E-state index contributed by atoms with van der Waals surface area (Å²) in [5.74, 6) is 1.86. The second kappa shape index (κ2) is 9.17. The molecule has 0 bridgehead atoms. The van der Waals surface area contributed by atoms with Crippen molar-refractivity contribution in [1.29, 1.82) is 0 Å². The highest BCUT2D eigenvalue weighted by atomic mass is 16.6. The SMILES string of the molecule is CCc1nc(CN[C@H](CNC(=O)OC(C)(C)C)C2CCCCC2)no1. The number of alkyl carbamates (subject to hydrolysis) is 1. The number of ether oxygens (including phenoxy) is 1. The number of amides is 1. The molecular formula is C18H32N4O3. The number of aryl methyl sites for hydroxylation is 1. The molecule has 1 fully saturated rings. The van der Waals surface area contributed by atoms with Crippen LogP contribution in [-0.2, 0) is 17.7 Å². The second-order valence-corrected chi connectivity index (χ2v) is 7.73. The molecule has 1 amide bonds. The molecule has 1 heterocycles. The second-order valence-electron chi connectivity index (χ2n) is 7.73. The Morgan fingerprint density at radius 2 is 2.04 bits per heavy atom. The van der Waals surface area contributed by atoms with Crippen LogP contribution in [0, 0.1) is 5.92 Å². The molecule has 0 spiro atoms. The van der Waals surface area contributed by atoms with E-state index in [0.717, 1.165) is 6.42 Å². The van der Waals surface area contributed by atoms with Gasteiger partial charge in [0.05, 0.1) is 6.54 Å². The Morgan fingerprint density at radius 1 is 1.32 bits per heavy atom. The quantitative estimate of drug-likeness (QED) is 0.783. The van der Waals surface area contributed by atoms with Crippen molar-refractivity contribution in [3.63, 3.8) is 0 Å². The first-order chi connectivity index (χ1) is 11.9. The first-order valence-corrected chi connectivity index (χ1v) is 9.39. The van der Waals surface area contributed by atoms with E-state index in [-0.39, 0.29) is 12.1 Å². The average molecular weight is 352 g/mol. The summed E-state index contributed by atoms with van der Waals surface area (Å²) in [5, 5.41) is 10.4. The zero-order valence-electron chi connectivity index (χ0n) is 15.9. The van der Waals surface area contributed by atoms with Crippen molar-refractivity contribution in [3.8, 4) is 0 Å². The number of nitrogens with zero attached hydrogens (tertiary/aromatic N) is 2. The molecule has 0 radical (unpaired) electrons. The minimum absolute atomic E-state index is 0.177. The van der Waals surface area contributed by atoms with Gasteiger partial charge < -0.3 is 19.9 Å². The molecular weight excluding hydrogens is 320 g/mol. The molecule has 1 saturated carbocycles. The lowest BCUT2D eigenvalue weighted by atomic mass is 9.84. The van der Waals surface area contributed by atoms with E-state index in [1.807, 2.05) is 27.7 Å². The Bertz CT molecular complexity index is 533. The van der Waals surface area contributed by atoms with Crippen molar-refractivity contribution < 1.29 is 14.1 Å². The first-order valence-electron chi connectivity index (χ1n) is 9.39. The summed E-state index contributed by atoms with van der Waals surface area (Å²) in [6, 6.07) is 0.177. The van der Waals surface area contributed by atoms with Crippen LogP contribution in [0.5, 0.6) is 0 Å². The van der Waals surface area contributed by atoms with Gasteiger partial charge in [-0.3, -0.25) is 0 Å². The molecule has 1 aliphatic carbocycles. The van der Waals surface area contributed by atoms with Crippen molar-refractivity contribution in [1.82, 2.24) is 20.8 Å². The largest absolute Gasteiger partial charge is 0.444 e. The maximum atomic E-state index is 12.0. The summed E-state index contributed by atoms with van der Waals surface area (Å²) in [6.07, 6.45) is 6.52. The van der Waals surface area contributed by atoms with Gasteiger partial charge in [0.1, 0.15) is 5.60 Å². The Balaban J connectivity index is 1.89. The van der Waals surface area contributed by atoms with Gasteiger partial charge in [-0.2, -0.15) is 4.98 Å². The van der Waals surface area contributed by atoms with Gasteiger partial charge in [0.2, 0.25) is 5.89 Å². The van der Waals surface area contributed by atoms with Crippen LogP contribution < -0.4 is 10.6 Å². The number of carbonyl (C=O) groups excluding carboxylic acids is 1. The fourth-order valence-corrected chi connectivity index (χ4v) is 3.18. The van der Waals surface area contributed by atoms with Gasteiger partial charge in [-0.25, -0.2) is 4.79 Å². The zero-order chi connectivity index (χ0) is 18.3. The van der Waals surface area contributed by atoms with E-state index in [0.29, 0.717) is 30.7 Å². The monoisotopic (exact) mass is 352 g/mol. The van der Waals surface area contributed by atoms with Crippen LogP contribution in [0.2, 0.25) is 0 Å². The van der Waals surface area contributed by atoms with Gasteiger partial charge in [-0.1, -0.05) is 31.3 Å². The van der Waals surface area contributed by atoms with Crippen molar-refractivity contribution in [2.24, 2.45) is 5.92 Å². The number of nitrogens with one attached hydrogen (secondary N) is 2. The minimum atomic E-state index is -0.487. The Kier molecular flexibility index (Phi) is 7.23. The number of aromatic nitrogens is 2. The van der Waals surface area contributed by atoms with E-state index in [4.69, 9.17) is 9.26 Å². The van der Waals surface area contributed by atoms with E-state index in [2.05, 4.69) is 20.8 Å². The van der Waals surface area contributed by atoms with Gasteiger partial charge in [0.15, 0.2) is 5.82 Å². The first kappa shape index (κ1) is 19.7. The third-order valence-electron chi connectivity index (χ3n) is 4.42. The highest BCUT2D eigenvalue weighted by molar-refractivity contribution is 5.67. The molecule has 1 aliphatic rings. The average Bonchev–Trinajstić information content (AvgIpc) is 3.02. The van der Waals surface area contributed by atoms with Crippen LogP contribution in [0.4, 0.5) is 4.79 Å². The number of hydrogen-bond donors (Lipinski definition) is 2. The molecule has 7 heteroatoms. The Labute approximate surface area is 150 Å². The molecule has 0 aliphatic heterocycles. The predicted octanol–water partition coefficient (Wildman–Crippen LogP) is 3.20. The molecule has 142 valence electrons. The molecule has 1 atom stereocenters. The summed E-state index contributed by atoms with van der Waals surface area (Å²) < 4.78 is 10.5. The summed E-state index contributed by atoms with van der Waals surface area (Å²) in [6.45, 7) is 8.67. The van der Waals surface area contributed by atoms with Crippen LogP contribution in [0.25, 0.3) is 0 Å². The van der Waals surface area contributed by atoms with E-state index in [1.165, 1.54) is 32.1 Å². The van der Waals surface area contributed by atoms with Crippen LogP contribution in [0.3, 0.4) is 0 Å². The minimum Gasteiger partial charge on any atom is -0.444 e. The van der Waals surface area contributed by atoms with Gasteiger partial charge >= 0.3 is 6.09 Å². The van der Waals surface area contributed by atoms with Crippen molar-refractivity contribution >= 4 is 6.09 Å². The zero-order valence-corrected chi connectivity index (χ0v) is 15.9. The highest BCUT2D eigenvalue weighted by Gasteiger charge is 2.25. The van der Waals surface area contributed by atoms with Gasteiger partial charge in [-0.05, 0) is 39.5 Å². The van der Waals surface area contributed by atoms with Crippen LogP contribution in [0.1, 0.15) is 71.5 Å². The maximum Gasteiger partial charge on any atom is 0.407 e. The van der Waals surface area contributed by atoms with Gasteiger partial charge in [0, 0.05) is 19.0 Å². The molecule has 7 nitrogen and oxygen atoms in total. The molecule has 2 rings (SSSR count). The molecule has 0 saturated heterocycles. The standard InChI is InChI=1S/C18H32N4O3/c1-5-16-21-15(22-25-16)12-19-14(13-9-7-6-8-10-13)11-20-17(23)24-18(2,3)4/h13-14,19H,5-12H2,1-4H3,(H,20,23)/t14-/m1/s1. The normalized spacial score (nSPS) is 17.3.